The first-order valence-corrected chi connectivity index (χ1v) is 13.3. The first-order chi connectivity index (χ1) is 18.9. The highest BCUT2D eigenvalue weighted by Crippen LogP contribution is 2.41. The molecule has 12 heteroatoms. The minimum atomic E-state index is -0.553. The van der Waals surface area contributed by atoms with Crippen molar-refractivity contribution >= 4 is 27.4 Å². The number of halogens is 2. The molecular formula is C27H26F2N8OS. The van der Waals surface area contributed by atoms with Crippen molar-refractivity contribution in [2.75, 3.05) is 25.2 Å². The molecule has 39 heavy (non-hydrogen) atoms. The highest BCUT2D eigenvalue weighted by molar-refractivity contribution is 7.22. The van der Waals surface area contributed by atoms with Gasteiger partial charge in [0.25, 0.3) is 0 Å². The van der Waals surface area contributed by atoms with E-state index in [1.807, 2.05) is 24.3 Å². The lowest BCUT2D eigenvalue weighted by molar-refractivity contribution is 0.125. The third-order valence-electron chi connectivity index (χ3n) is 6.78. The van der Waals surface area contributed by atoms with Gasteiger partial charge in [0, 0.05) is 47.4 Å². The summed E-state index contributed by atoms with van der Waals surface area (Å²) in [4.78, 5) is 15.3. The number of pyridine rings is 1. The number of thiophene rings is 1. The Balaban J connectivity index is 1.33. The van der Waals surface area contributed by atoms with E-state index in [-0.39, 0.29) is 11.2 Å². The predicted octanol–water partition coefficient (Wildman–Crippen LogP) is 4.97. The van der Waals surface area contributed by atoms with Crippen molar-refractivity contribution in [2.24, 2.45) is 0 Å². The van der Waals surface area contributed by atoms with E-state index in [0.29, 0.717) is 43.8 Å². The summed E-state index contributed by atoms with van der Waals surface area (Å²) in [6.07, 6.45) is 6.12. The van der Waals surface area contributed by atoms with Crippen molar-refractivity contribution in [3.63, 3.8) is 0 Å². The molecule has 0 amide bonds. The van der Waals surface area contributed by atoms with Gasteiger partial charge in [-0.2, -0.15) is 4.39 Å². The van der Waals surface area contributed by atoms with Gasteiger partial charge in [0.2, 0.25) is 11.9 Å². The zero-order valence-corrected chi connectivity index (χ0v) is 22.3. The molecule has 0 atom stereocenters. The lowest BCUT2D eigenvalue weighted by Crippen LogP contribution is -2.39. The Morgan fingerprint density at radius 1 is 1.13 bits per heavy atom. The topological polar surface area (TPSA) is 93.9 Å². The lowest BCUT2D eigenvalue weighted by atomic mass is 9.98. The molecule has 0 radical (unpaired) electrons. The van der Waals surface area contributed by atoms with Gasteiger partial charge in [0.15, 0.2) is 5.82 Å². The summed E-state index contributed by atoms with van der Waals surface area (Å²) >= 11 is 1.41. The molecule has 5 aromatic rings. The minimum absolute atomic E-state index is 0.140. The van der Waals surface area contributed by atoms with Crippen LogP contribution in [0.1, 0.15) is 19.4 Å². The molecule has 0 aliphatic carbocycles. The molecule has 1 fully saturated rings. The van der Waals surface area contributed by atoms with Crippen LogP contribution >= 0.6 is 11.3 Å². The van der Waals surface area contributed by atoms with Crippen LogP contribution in [0.4, 0.5) is 14.7 Å². The van der Waals surface area contributed by atoms with E-state index in [1.54, 1.807) is 23.3 Å². The fraction of sp³-hybridized carbons (Fsp3) is 0.296. The molecule has 5 heterocycles. The SMILES string of the molecule is CC1(C)COCN1Cc1cnc(F)cc1-c1cccc2cc(-c3nc(NCCn4ccnn4)ncc3F)sc12. The third kappa shape index (κ3) is 5.22. The number of nitrogens with one attached hydrogen (secondary N) is 1. The predicted molar refractivity (Wildman–Crippen MR) is 145 cm³/mol. The number of ether oxygens (including phenoxy) is 1. The van der Waals surface area contributed by atoms with Crippen molar-refractivity contribution < 1.29 is 13.5 Å². The van der Waals surface area contributed by atoms with E-state index in [4.69, 9.17) is 4.74 Å². The summed E-state index contributed by atoms with van der Waals surface area (Å²) in [6, 6.07) is 9.22. The van der Waals surface area contributed by atoms with Gasteiger partial charge in [0.1, 0.15) is 5.69 Å². The second kappa shape index (κ2) is 10.4. The number of hydrogen-bond acceptors (Lipinski definition) is 9. The molecule has 0 spiro atoms. The largest absolute Gasteiger partial charge is 0.364 e. The molecule has 6 rings (SSSR count). The van der Waals surface area contributed by atoms with E-state index in [1.165, 1.54) is 23.6 Å². The molecule has 0 unspecified atom stereocenters. The maximum absolute atomic E-state index is 14.9. The molecule has 1 aromatic carbocycles. The van der Waals surface area contributed by atoms with E-state index in [9.17, 15) is 8.78 Å². The second-order valence-electron chi connectivity index (χ2n) is 9.97. The fourth-order valence-corrected chi connectivity index (χ4v) is 5.80. The summed E-state index contributed by atoms with van der Waals surface area (Å²) in [6.45, 7) is 7.00. The summed E-state index contributed by atoms with van der Waals surface area (Å²) in [7, 11) is 0. The van der Waals surface area contributed by atoms with E-state index in [0.717, 1.165) is 26.8 Å². The average Bonchev–Trinajstić information content (AvgIpc) is 3.66. The number of nitrogens with zero attached hydrogens (tertiary/aromatic N) is 7. The smallest absolute Gasteiger partial charge is 0.223 e. The van der Waals surface area contributed by atoms with Crippen LogP contribution in [0.3, 0.4) is 0 Å². The maximum atomic E-state index is 14.9. The van der Waals surface area contributed by atoms with Gasteiger partial charge in [-0.25, -0.2) is 19.3 Å². The molecule has 200 valence electrons. The van der Waals surface area contributed by atoms with Gasteiger partial charge in [-0.05, 0) is 36.4 Å². The first kappa shape index (κ1) is 25.4. The standard InChI is InChI=1S/C27H26F2N8OS/c1-27(2)15-38-16-36(27)14-18-12-31-23(29)11-20(18)19-5-3-4-17-10-22(39-25(17)19)24-21(28)13-32-26(34-24)30-6-8-37-9-7-33-35-37/h3-5,7,9-13H,6,8,14-16H2,1-2H3,(H,30,32,34). The van der Waals surface area contributed by atoms with Gasteiger partial charge in [0.05, 0.1) is 37.2 Å². The number of anilines is 1. The van der Waals surface area contributed by atoms with Crippen LogP contribution in [-0.4, -0.2) is 60.3 Å². The van der Waals surface area contributed by atoms with Gasteiger partial charge in [-0.15, -0.1) is 16.4 Å². The fourth-order valence-electron chi connectivity index (χ4n) is 4.62. The van der Waals surface area contributed by atoms with Crippen LogP contribution in [0.5, 0.6) is 0 Å². The van der Waals surface area contributed by atoms with Gasteiger partial charge in [-0.3, -0.25) is 9.58 Å². The van der Waals surface area contributed by atoms with Crippen molar-refractivity contribution in [1.82, 2.24) is 34.8 Å². The van der Waals surface area contributed by atoms with E-state index < -0.39 is 11.8 Å². The summed E-state index contributed by atoms with van der Waals surface area (Å²) in [5.74, 6) is -0.752. The minimum Gasteiger partial charge on any atom is -0.364 e. The van der Waals surface area contributed by atoms with Crippen molar-refractivity contribution in [3.05, 3.63) is 72.4 Å². The molecule has 1 aliphatic heterocycles. The van der Waals surface area contributed by atoms with Crippen molar-refractivity contribution in [3.8, 4) is 21.7 Å². The Bertz CT molecular complexity index is 1620. The highest BCUT2D eigenvalue weighted by atomic mass is 32.1. The van der Waals surface area contributed by atoms with E-state index in [2.05, 4.69) is 49.3 Å². The van der Waals surface area contributed by atoms with Crippen LogP contribution in [0.25, 0.3) is 31.8 Å². The van der Waals surface area contributed by atoms with Crippen LogP contribution in [-0.2, 0) is 17.8 Å². The Labute approximate surface area is 227 Å². The third-order valence-corrected chi connectivity index (χ3v) is 7.97. The molecular weight excluding hydrogens is 522 g/mol. The summed E-state index contributed by atoms with van der Waals surface area (Å²) < 4.78 is 37.6. The second-order valence-corrected chi connectivity index (χ2v) is 11.0. The van der Waals surface area contributed by atoms with Crippen LogP contribution in [0.2, 0.25) is 0 Å². The molecule has 0 saturated carbocycles. The number of rotatable bonds is 8. The summed E-state index contributed by atoms with van der Waals surface area (Å²) in [5.41, 5.74) is 2.57. The Hall–Kier alpha value is -3.87. The molecule has 0 bridgehead atoms. The number of fused-ring (bicyclic) bond motifs is 1. The number of aromatic nitrogens is 6. The van der Waals surface area contributed by atoms with Crippen LogP contribution in [0, 0.1) is 11.8 Å². The average molecular weight is 549 g/mol. The monoisotopic (exact) mass is 548 g/mol. The van der Waals surface area contributed by atoms with Gasteiger partial charge >= 0.3 is 0 Å². The molecule has 4 aromatic heterocycles. The highest BCUT2D eigenvalue weighted by Gasteiger charge is 2.33. The zero-order valence-electron chi connectivity index (χ0n) is 21.4. The Morgan fingerprint density at radius 2 is 2.03 bits per heavy atom. The first-order valence-electron chi connectivity index (χ1n) is 12.5. The number of benzene rings is 1. The lowest BCUT2D eigenvalue weighted by Gasteiger charge is -2.29. The number of hydrogen-bond donors (Lipinski definition) is 1. The molecule has 1 aliphatic rings. The Morgan fingerprint density at radius 3 is 2.82 bits per heavy atom. The van der Waals surface area contributed by atoms with Crippen LogP contribution in [0.15, 0.2) is 55.1 Å². The normalized spacial score (nSPS) is 15.3. The summed E-state index contributed by atoms with van der Waals surface area (Å²) in [5, 5.41) is 11.7. The van der Waals surface area contributed by atoms with Gasteiger partial charge in [-0.1, -0.05) is 23.4 Å². The Kier molecular flexibility index (Phi) is 6.75. The zero-order chi connectivity index (χ0) is 27.0. The van der Waals surface area contributed by atoms with E-state index >= 15 is 0 Å². The van der Waals surface area contributed by atoms with Crippen molar-refractivity contribution in [1.29, 1.82) is 0 Å². The van der Waals surface area contributed by atoms with Crippen LogP contribution < -0.4 is 5.32 Å². The molecule has 1 N–H and O–H groups in total. The van der Waals surface area contributed by atoms with Crippen molar-refractivity contribution in [2.45, 2.75) is 32.5 Å². The maximum Gasteiger partial charge on any atom is 0.223 e. The molecule has 9 nitrogen and oxygen atoms in total. The van der Waals surface area contributed by atoms with Gasteiger partial charge < -0.3 is 10.1 Å². The molecule has 1 saturated heterocycles. The quantitative estimate of drug-likeness (QED) is 0.272.